The van der Waals surface area contributed by atoms with Crippen LogP contribution >= 0.6 is 0 Å². The summed E-state index contributed by atoms with van der Waals surface area (Å²) in [6.45, 7) is 5.42. The molecule has 1 spiro atoms. The van der Waals surface area contributed by atoms with E-state index in [1.807, 2.05) is 6.07 Å². The predicted molar refractivity (Wildman–Crippen MR) is 95.1 cm³/mol. The van der Waals surface area contributed by atoms with Crippen LogP contribution in [0.3, 0.4) is 0 Å². The van der Waals surface area contributed by atoms with Crippen molar-refractivity contribution in [3.8, 4) is 0 Å². The molecule has 1 aromatic carbocycles. The summed E-state index contributed by atoms with van der Waals surface area (Å²) in [6.07, 6.45) is 3.13. The fourth-order valence-electron chi connectivity index (χ4n) is 3.61. The fraction of sp³-hybridized carbons (Fsp3) is 0.526. The SMILES string of the molecule is CCOC(=O)CC(=O)N1C=NCC12CCN(Cc1ccccc1)CC2. The third-order valence-electron chi connectivity index (χ3n) is 5.00. The highest BCUT2D eigenvalue weighted by molar-refractivity contribution is 6.00. The molecule has 6 heteroatoms. The third-order valence-corrected chi connectivity index (χ3v) is 5.00. The van der Waals surface area contributed by atoms with Gasteiger partial charge in [0.1, 0.15) is 6.42 Å². The van der Waals surface area contributed by atoms with Gasteiger partial charge in [0, 0.05) is 19.6 Å². The van der Waals surface area contributed by atoms with Gasteiger partial charge in [-0.2, -0.15) is 0 Å². The molecule has 1 saturated heterocycles. The van der Waals surface area contributed by atoms with Crippen molar-refractivity contribution in [3.63, 3.8) is 0 Å². The van der Waals surface area contributed by atoms with Gasteiger partial charge in [0.25, 0.3) is 0 Å². The normalized spacial score (nSPS) is 19.3. The van der Waals surface area contributed by atoms with Crippen LogP contribution in [0.25, 0.3) is 0 Å². The van der Waals surface area contributed by atoms with Gasteiger partial charge in [0.05, 0.1) is 25.0 Å². The van der Waals surface area contributed by atoms with Crippen molar-refractivity contribution in [2.75, 3.05) is 26.2 Å². The number of benzene rings is 1. The quantitative estimate of drug-likeness (QED) is 0.605. The Bertz CT molecular complexity index is 637. The van der Waals surface area contributed by atoms with Crippen molar-refractivity contribution in [3.05, 3.63) is 35.9 Å². The Labute approximate surface area is 148 Å². The highest BCUT2D eigenvalue weighted by atomic mass is 16.5. The molecule has 1 fully saturated rings. The summed E-state index contributed by atoms with van der Waals surface area (Å²) in [5, 5.41) is 0. The third kappa shape index (κ3) is 4.07. The number of ether oxygens (including phenoxy) is 1. The number of aliphatic imine (C=N–C) groups is 1. The Morgan fingerprint density at radius 3 is 2.60 bits per heavy atom. The van der Waals surface area contributed by atoms with Gasteiger partial charge >= 0.3 is 5.97 Å². The lowest BCUT2D eigenvalue weighted by molar-refractivity contribution is -0.148. The van der Waals surface area contributed by atoms with E-state index in [0.29, 0.717) is 13.2 Å². The average Bonchev–Trinajstić information content (AvgIpc) is 3.02. The minimum Gasteiger partial charge on any atom is -0.466 e. The lowest BCUT2D eigenvalue weighted by Gasteiger charge is -2.43. The summed E-state index contributed by atoms with van der Waals surface area (Å²) in [7, 11) is 0. The van der Waals surface area contributed by atoms with Crippen LogP contribution < -0.4 is 0 Å². The predicted octanol–water partition coefficient (Wildman–Crippen LogP) is 1.84. The molecule has 0 saturated carbocycles. The molecule has 0 N–H and O–H groups in total. The molecule has 6 nitrogen and oxygen atoms in total. The summed E-state index contributed by atoms with van der Waals surface area (Å²) < 4.78 is 4.89. The number of amides is 1. The summed E-state index contributed by atoms with van der Waals surface area (Å²) in [4.78, 5) is 32.5. The maximum atomic E-state index is 12.5. The zero-order chi connectivity index (χ0) is 17.7. The molecule has 3 rings (SSSR count). The first-order valence-corrected chi connectivity index (χ1v) is 8.87. The molecule has 0 aliphatic carbocycles. The van der Waals surface area contributed by atoms with Crippen molar-refractivity contribution in [1.82, 2.24) is 9.80 Å². The van der Waals surface area contributed by atoms with E-state index in [9.17, 15) is 9.59 Å². The Kier molecular flexibility index (Phi) is 5.48. The van der Waals surface area contributed by atoms with Crippen molar-refractivity contribution >= 4 is 18.2 Å². The van der Waals surface area contributed by atoms with Crippen LogP contribution in [0.5, 0.6) is 0 Å². The highest BCUT2D eigenvalue weighted by Gasteiger charge is 2.44. The Morgan fingerprint density at radius 2 is 1.92 bits per heavy atom. The first-order valence-electron chi connectivity index (χ1n) is 8.87. The van der Waals surface area contributed by atoms with Crippen LogP contribution in [0.2, 0.25) is 0 Å². The van der Waals surface area contributed by atoms with Crippen LogP contribution in [0.1, 0.15) is 31.7 Å². The molecule has 0 bridgehead atoms. The number of carbonyl (C=O) groups excluding carboxylic acids is 2. The van der Waals surface area contributed by atoms with Crippen LogP contribution in [-0.2, 0) is 20.9 Å². The van der Waals surface area contributed by atoms with Gasteiger partial charge in [-0.3, -0.25) is 24.4 Å². The number of hydrogen-bond acceptors (Lipinski definition) is 5. The maximum absolute atomic E-state index is 12.5. The van der Waals surface area contributed by atoms with Crippen molar-refractivity contribution in [2.24, 2.45) is 4.99 Å². The number of carbonyl (C=O) groups is 2. The Morgan fingerprint density at radius 1 is 1.20 bits per heavy atom. The van der Waals surface area contributed by atoms with E-state index in [0.717, 1.165) is 32.5 Å². The van der Waals surface area contributed by atoms with Crippen molar-refractivity contribution in [2.45, 2.75) is 38.3 Å². The first kappa shape index (κ1) is 17.6. The van der Waals surface area contributed by atoms with E-state index >= 15 is 0 Å². The lowest BCUT2D eigenvalue weighted by atomic mass is 9.86. The summed E-state index contributed by atoms with van der Waals surface area (Å²) in [5.41, 5.74) is 1.04. The van der Waals surface area contributed by atoms with Crippen molar-refractivity contribution in [1.29, 1.82) is 0 Å². The summed E-state index contributed by atoms with van der Waals surface area (Å²) in [5.74, 6) is -0.680. The number of hydrogen-bond donors (Lipinski definition) is 0. The Hall–Kier alpha value is -2.21. The molecule has 0 unspecified atom stereocenters. The smallest absolute Gasteiger partial charge is 0.315 e. The minimum absolute atomic E-state index is 0.212. The second-order valence-corrected chi connectivity index (χ2v) is 6.69. The number of piperidine rings is 1. The zero-order valence-corrected chi connectivity index (χ0v) is 14.7. The van der Waals surface area contributed by atoms with E-state index in [4.69, 9.17) is 4.74 Å². The zero-order valence-electron chi connectivity index (χ0n) is 14.7. The molecule has 2 aliphatic heterocycles. The van der Waals surface area contributed by atoms with Crippen LogP contribution in [0.4, 0.5) is 0 Å². The van der Waals surface area contributed by atoms with Gasteiger partial charge in [-0.15, -0.1) is 0 Å². The molecule has 0 aromatic heterocycles. The van der Waals surface area contributed by atoms with E-state index < -0.39 is 5.97 Å². The van der Waals surface area contributed by atoms with Crippen LogP contribution in [-0.4, -0.2) is 59.8 Å². The molecular formula is C19H25N3O3. The second-order valence-electron chi connectivity index (χ2n) is 6.69. The molecule has 25 heavy (non-hydrogen) atoms. The van der Waals surface area contributed by atoms with E-state index in [1.165, 1.54) is 5.56 Å². The minimum atomic E-state index is -0.468. The van der Waals surface area contributed by atoms with Gasteiger partial charge in [0.15, 0.2) is 0 Å². The van der Waals surface area contributed by atoms with Gasteiger partial charge in [-0.1, -0.05) is 30.3 Å². The average molecular weight is 343 g/mol. The standard InChI is InChI=1S/C19H25N3O3/c1-2-25-18(24)12-17(23)22-15-20-14-19(22)8-10-21(11-9-19)13-16-6-4-3-5-7-16/h3-7,15H,2,8-14H2,1H3. The number of esters is 1. The van der Waals surface area contributed by atoms with Gasteiger partial charge in [-0.05, 0) is 25.3 Å². The number of rotatable bonds is 5. The molecule has 0 radical (unpaired) electrons. The monoisotopic (exact) mass is 343 g/mol. The topological polar surface area (TPSA) is 62.2 Å². The largest absolute Gasteiger partial charge is 0.466 e. The summed E-state index contributed by atoms with van der Waals surface area (Å²) in [6, 6.07) is 10.4. The van der Waals surface area contributed by atoms with Crippen molar-refractivity contribution < 1.29 is 14.3 Å². The maximum Gasteiger partial charge on any atom is 0.315 e. The van der Waals surface area contributed by atoms with Gasteiger partial charge in [0.2, 0.25) is 5.91 Å². The van der Waals surface area contributed by atoms with Crippen LogP contribution in [0, 0.1) is 0 Å². The molecule has 0 atom stereocenters. The molecular weight excluding hydrogens is 318 g/mol. The van der Waals surface area contributed by atoms with E-state index in [-0.39, 0.29) is 17.9 Å². The first-order chi connectivity index (χ1) is 12.1. The van der Waals surface area contributed by atoms with Gasteiger partial charge in [-0.25, -0.2) is 0 Å². The second kappa shape index (κ2) is 7.78. The number of likely N-dealkylation sites (tertiary alicyclic amines) is 1. The molecule has 1 amide bonds. The molecule has 2 aliphatic rings. The fourth-order valence-corrected chi connectivity index (χ4v) is 3.61. The Balaban J connectivity index is 1.57. The molecule has 134 valence electrons. The number of nitrogens with zero attached hydrogens (tertiary/aromatic N) is 3. The summed E-state index contributed by atoms with van der Waals surface area (Å²) >= 11 is 0. The highest BCUT2D eigenvalue weighted by Crippen LogP contribution is 2.32. The van der Waals surface area contributed by atoms with E-state index in [2.05, 4.69) is 34.2 Å². The molecule has 1 aromatic rings. The van der Waals surface area contributed by atoms with Crippen LogP contribution in [0.15, 0.2) is 35.3 Å². The van der Waals surface area contributed by atoms with E-state index in [1.54, 1.807) is 18.2 Å². The lowest BCUT2D eigenvalue weighted by Crippen LogP contribution is -2.56. The van der Waals surface area contributed by atoms with Gasteiger partial charge < -0.3 is 4.74 Å². The molecule has 2 heterocycles.